The van der Waals surface area contributed by atoms with Crippen LogP contribution >= 0.6 is 0 Å². The predicted molar refractivity (Wildman–Crippen MR) is 80.3 cm³/mol. The Morgan fingerprint density at radius 3 is 2.86 bits per heavy atom. The van der Waals surface area contributed by atoms with E-state index < -0.39 is 0 Å². The lowest BCUT2D eigenvalue weighted by molar-refractivity contribution is 0.107. The first-order chi connectivity index (χ1) is 10.3. The van der Waals surface area contributed by atoms with E-state index in [9.17, 15) is 5.11 Å². The highest BCUT2D eigenvalue weighted by Crippen LogP contribution is 2.22. The van der Waals surface area contributed by atoms with Crippen LogP contribution in [-0.4, -0.2) is 52.2 Å². The molecular weight excluding hydrogens is 266 g/mol. The normalized spacial score (nSPS) is 22.8. The van der Waals surface area contributed by atoms with Gasteiger partial charge in [-0.2, -0.15) is 5.10 Å². The smallest absolute Gasteiger partial charge is 0.0714 e. The summed E-state index contributed by atoms with van der Waals surface area (Å²) in [6.45, 7) is 1.82. The lowest BCUT2D eigenvalue weighted by Crippen LogP contribution is -2.31. The average Bonchev–Trinajstić information content (AvgIpc) is 3.15. The zero-order chi connectivity index (χ0) is 14.7. The summed E-state index contributed by atoms with van der Waals surface area (Å²) in [7, 11) is 1.73. The maximum atomic E-state index is 9.49. The van der Waals surface area contributed by atoms with Crippen LogP contribution in [0.5, 0.6) is 0 Å². The minimum atomic E-state index is 0.173. The van der Waals surface area contributed by atoms with Gasteiger partial charge >= 0.3 is 0 Å². The van der Waals surface area contributed by atoms with Gasteiger partial charge < -0.3 is 9.84 Å². The highest BCUT2D eigenvalue weighted by atomic mass is 16.5. The zero-order valence-electron chi connectivity index (χ0n) is 12.2. The molecule has 2 atom stereocenters. The molecule has 0 aliphatic carbocycles. The van der Waals surface area contributed by atoms with Gasteiger partial charge in [-0.05, 0) is 18.6 Å². The van der Waals surface area contributed by atoms with E-state index in [4.69, 9.17) is 4.74 Å². The minimum absolute atomic E-state index is 0.173. The number of ether oxygens (including phenoxy) is 1. The summed E-state index contributed by atoms with van der Waals surface area (Å²) in [6.07, 6.45) is 5.04. The van der Waals surface area contributed by atoms with Crippen molar-refractivity contribution in [1.29, 1.82) is 0 Å². The second-order valence-electron chi connectivity index (χ2n) is 5.49. The molecule has 0 bridgehead atoms. The first-order valence-corrected chi connectivity index (χ1v) is 7.27. The molecule has 0 unspecified atom stereocenters. The molecule has 5 nitrogen and oxygen atoms in total. The third-order valence-corrected chi connectivity index (χ3v) is 4.08. The van der Waals surface area contributed by atoms with Crippen molar-refractivity contribution >= 4 is 0 Å². The second-order valence-corrected chi connectivity index (χ2v) is 5.49. The molecule has 0 saturated carbocycles. The maximum Gasteiger partial charge on any atom is 0.0714 e. The molecule has 1 aliphatic heterocycles. The molecule has 1 aromatic carbocycles. The molecular formula is C16H21N3O2. The van der Waals surface area contributed by atoms with Crippen LogP contribution in [0.4, 0.5) is 0 Å². The third-order valence-electron chi connectivity index (χ3n) is 4.08. The topological polar surface area (TPSA) is 50.5 Å². The van der Waals surface area contributed by atoms with E-state index in [1.807, 2.05) is 47.4 Å². The SMILES string of the molecule is CO[C@H]1C[C@@H](CO)N(Cc2cnn(-c3ccccc3)c2)C1. The Morgan fingerprint density at radius 1 is 1.33 bits per heavy atom. The van der Waals surface area contributed by atoms with Crippen molar-refractivity contribution in [3.05, 3.63) is 48.3 Å². The molecule has 2 heterocycles. The molecule has 3 rings (SSSR count). The molecule has 0 amide bonds. The Morgan fingerprint density at radius 2 is 2.14 bits per heavy atom. The number of aliphatic hydroxyl groups is 1. The van der Waals surface area contributed by atoms with Crippen molar-refractivity contribution in [1.82, 2.24) is 14.7 Å². The molecule has 1 aromatic heterocycles. The number of aliphatic hydroxyl groups excluding tert-OH is 1. The predicted octanol–water partition coefficient (Wildman–Crippen LogP) is 1.45. The van der Waals surface area contributed by atoms with E-state index in [0.717, 1.165) is 30.8 Å². The van der Waals surface area contributed by atoms with E-state index in [1.54, 1.807) is 7.11 Å². The van der Waals surface area contributed by atoms with Crippen LogP contribution in [0.15, 0.2) is 42.7 Å². The van der Waals surface area contributed by atoms with Crippen molar-refractivity contribution in [2.75, 3.05) is 20.3 Å². The van der Waals surface area contributed by atoms with Crippen LogP contribution in [0.3, 0.4) is 0 Å². The van der Waals surface area contributed by atoms with Gasteiger partial charge in [0.1, 0.15) is 0 Å². The quantitative estimate of drug-likeness (QED) is 0.904. The minimum Gasteiger partial charge on any atom is -0.395 e. The van der Waals surface area contributed by atoms with Crippen molar-refractivity contribution < 1.29 is 9.84 Å². The van der Waals surface area contributed by atoms with E-state index in [0.29, 0.717) is 0 Å². The van der Waals surface area contributed by atoms with Crippen molar-refractivity contribution in [3.8, 4) is 5.69 Å². The Hall–Kier alpha value is -1.69. The molecule has 1 fully saturated rings. The lowest BCUT2D eigenvalue weighted by Gasteiger charge is -2.21. The number of benzene rings is 1. The Kier molecular flexibility index (Phi) is 4.34. The summed E-state index contributed by atoms with van der Waals surface area (Å²) < 4.78 is 7.29. The van der Waals surface area contributed by atoms with E-state index >= 15 is 0 Å². The number of hydrogen-bond donors (Lipinski definition) is 1. The number of para-hydroxylation sites is 1. The molecule has 112 valence electrons. The van der Waals surface area contributed by atoms with Crippen molar-refractivity contribution in [2.24, 2.45) is 0 Å². The van der Waals surface area contributed by atoms with Gasteiger partial charge in [-0.3, -0.25) is 4.90 Å². The number of aromatic nitrogens is 2. The Labute approximate surface area is 124 Å². The summed E-state index contributed by atoms with van der Waals surface area (Å²) in [5.41, 5.74) is 2.20. The van der Waals surface area contributed by atoms with Gasteiger partial charge in [0.2, 0.25) is 0 Å². The van der Waals surface area contributed by atoms with E-state index in [2.05, 4.69) is 10.00 Å². The molecule has 1 aliphatic rings. The maximum absolute atomic E-state index is 9.49. The van der Waals surface area contributed by atoms with E-state index in [-0.39, 0.29) is 18.8 Å². The first kappa shape index (κ1) is 14.3. The zero-order valence-corrected chi connectivity index (χ0v) is 12.2. The monoisotopic (exact) mass is 287 g/mol. The Bertz CT molecular complexity index is 570. The van der Waals surface area contributed by atoms with Crippen LogP contribution in [0.1, 0.15) is 12.0 Å². The molecule has 0 radical (unpaired) electrons. The summed E-state index contributed by atoms with van der Waals surface area (Å²) >= 11 is 0. The van der Waals surface area contributed by atoms with Crippen LogP contribution in [0.2, 0.25) is 0 Å². The van der Waals surface area contributed by atoms with Crippen LogP contribution < -0.4 is 0 Å². The van der Waals surface area contributed by atoms with E-state index in [1.165, 1.54) is 0 Å². The Balaban J connectivity index is 1.70. The van der Waals surface area contributed by atoms with Gasteiger partial charge in [0, 0.05) is 38.0 Å². The first-order valence-electron chi connectivity index (χ1n) is 7.27. The fraction of sp³-hybridized carbons (Fsp3) is 0.438. The summed E-state index contributed by atoms with van der Waals surface area (Å²) in [5.74, 6) is 0. The highest BCUT2D eigenvalue weighted by molar-refractivity contribution is 5.30. The van der Waals surface area contributed by atoms with Crippen LogP contribution in [0, 0.1) is 0 Å². The third kappa shape index (κ3) is 3.15. The fourth-order valence-electron chi connectivity index (χ4n) is 2.89. The van der Waals surface area contributed by atoms with Crippen LogP contribution in [-0.2, 0) is 11.3 Å². The average molecular weight is 287 g/mol. The number of likely N-dealkylation sites (tertiary alicyclic amines) is 1. The van der Waals surface area contributed by atoms with Gasteiger partial charge in [0.25, 0.3) is 0 Å². The fourth-order valence-corrected chi connectivity index (χ4v) is 2.89. The number of methoxy groups -OCH3 is 1. The van der Waals surface area contributed by atoms with Gasteiger partial charge in [-0.15, -0.1) is 0 Å². The van der Waals surface area contributed by atoms with Crippen molar-refractivity contribution in [2.45, 2.75) is 25.1 Å². The highest BCUT2D eigenvalue weighted by Gasteiger charge is 2.31. The standard InChI is InChI=1S/C16H21N3O2/c1-21-16-7-15(12-20)18(11-16)9-13-8-17-19(10-13)14-5-3-2-4-6-14/h2-6,8,10,15-16,20H,7,9,11-12H2,1H3/t15-,16-/m0/s1. The largest absolute Gasteiger partial charge is 0.395 e. The summed E-state index contributed by atoms with van der Waals surface area (Å²) in [5, 5.41) is 13.9. The molecule has 2 aromatic rings. The number of nitrogens with zero attached hydrogens (tertiary/aromatic N) is 3. The van der Waals surface area contributed by atoms with Crippen molar-refractivity contribution in [3.63, 3.8) is 0 Å². The lowest BCUT2D eigenvalue weighted by atomic mass is 10.2. The van der Waals surface area contributed by atoms with Gasteiger partial charge in [0.15, 0.2) is 0 Å². The molecule has 1 saturated heterocycles. The molecule has 21 heavy (non-hydrogen) atoms. The molecule has 5 heteroatoms. The molecule has 1 N–H and O–H groups in total. The van der Waals surface area contributed by atoms with Gasteiger partial charge in [-0.1, -0.05) is 18.2 Å². The second kappa shape index (κ2) is 6.39. The molecule has 0 spiro atoms. The van der Waals surface area contributed by atoms with Gasteiger partial charge in [-0.25, -0.2) is 4.68 Å². The summed E-state index contributed by atoms with van der Waals surface area (Å²) in [4.78, 5) is 2.26. The van der Waals surface area contributed by atoms with Gasteiger partial charge in [0.05, 0.1) is 24.6 Å². The number of rotatable bonds is 5. The van der Waals surface area contributed by atoms with Crippen LogP contribution in [0.25, 0.3) is 5.69 Å². The summed E-state index contributed by atoms with van der Waals surface area (Å²) in [6, 6.07) is 10.2. The number of hydrogen-bond acceptors (Lipinski definition) is 4.